The highest BCUT2D eigenvalue weighted by Crippen LogP contribution is 2.41. The summed E-state index contributed by atoms with van der Waals surface area (Å²) in [5.41, 5.74) is 0.699. The Kier molecular flexibility index (Phi) is 2.98. The van der Waals surface area contributed by atoms with Gasteiger partial charge in [-0.25, -0.2) is 0 Å². The molecule has 0 unspecified atom stereocenters. The average molecular weight is 220 g/mol. The maximum absolute atomic E-state index is 9.41. The number of hydrogen-bond acceptors (Lipinski definition) is 1. The van der Waals surface area contributed by atoms with Crippen molar-refractivity contribution in [3.8, 4) is 6.07 Å². The van der Waals surface area contributed by atoms with E-state index in [0.717, 1.165) is 36.3 Å². The molecule has 0 amide bonds. The SMILES string of the molecule is N#CC1(c2ccccc2Cl)CCCCC1. The normalized spacial score (nSPS) is 19.5. The Morgan fingerprint density at radius 2 is 1.80 bits per heavy atom. The number of rotatable bonds is 1. The molecule has 1 saturated carbocycles. The van der Waals surface area contributed by atoms with Crippen molar-refractivity contribution in [1.29, 1.82) is 5.26 Å². The van der Waals surface area contributed by atoms with E-state index in [1.807, 2.05) is 24.3 Å². The number of nitrogens with zero attached hydrogens (tertiary/aromatic N) is 1. The summed E-state index contributed by atoms with van der Waals surface area (Å²) in [6.45, 7) is 0. The predicted molar refractivity (Wildman–Crippen MR) is 61.8 cm³/mol. The molecular weight excluding hydrogens is 206 g/mol. The zero-order valence-electron chi connectivity index (χ0n) is 8.67. The molecule has 2 heteroatoms. The van der Waals surface area contributed by atoms with E-state index in [1.54, 1.807) is 0 Å². The molecule has 2 rings (SSSR count). The van der Waals surface area contributed by atoms with Gasteiger partial charge in [-0.15, -0.1) is 0 Å². The molecule has 0 saturated heterocycles. The van der Waals surface area contributed by atoms with E-state index in [-0.39, 0.29) is 5.41 Å². The highest BCUT2D eigenvalue weighted by Gasteiger charge is 2.35. The van der Waals surface area contributed by atoms with Crippen LogP contribution >= 0.6 is 11.6 Å². The van der Waals surface area contributed by atoms with Gasteiger partial charge in [0.25, 0.3) is 0 Å². The van der Waals surface area contributed by atoms with Crippen LogP contribution in [0.25, 0.3) is 0 Å². The van der Waals surface area contributed by atoms with Gasteiger partial charge in [0.2, 0.25) is 0 Å². The number of nitriles is 1. The fourth-order valence-corrected chi connectivity index (χ4v) is 2.76. The molecule has 1 aliphatic rings. The van der Waals surface area contributed by atoms with Crippen molar-refractivity contribution < 1.29 is 0 Å². The lowest BCUT2D eigenvalue weighted by atomic mass is 9.70. The Balaban J connectivity index is 2.42. The molecule has 0 atom stereocenters. The fraction of sp³-hybridized carbons (Fsp3) is 0.462. The van der Waals surface area contributed by atoms with Crippen LogP contribution in [0.5, 0.6) is 0 Å². The fourth-order valence-electron chi connectivity index (χ4n) is 2.45. The highest BCUT2D eigenvalue weighted by molar-refractivity contribution is 6.31. The van der Waals surface area contributed by atoms with Crippen LogP contribution in [0.3, 0.4) is 0 Å². The molecule has 0 bridgehead atoms. The Bertz CT molecular complexity index is 386. The lowest BCUT2D eigenvalue weighted by molar-refractivity contribution is 0.366. The quantitative estimate of drug-likeness (QED) is 0.699. The molecule has 15 heavy (non-hydrogen) atoms. The summed E-state index contributed by atoms with van der Waals surface area (Å²) in [4.78, 5) is 0. The first-order chi connectivity index (χ1) is 7.28. The number of benzene rings is 1. The molecule has 0 spiro atoms. The van der Waals surface area contributed by atoms with Gasteiger partial charge in [0.1, 0.15) is 0 Å². The Hall–Kier alpha value is -1.00. The van der Waals surface area contributed by atoms with Crippen molar-refractivity contribution in [3.05, 3.63) is 34.9 Å². The Morgan fingerprint density at radius 1 is 1.13 bits per heavy atom. The topological polar surface area (TPSA) is 23.8 Å². The smallest absolute Gasteiger partial charge is 0.0836 e. The molecule has 0 aliphatic heterocycles. The van der Waals surface area contributed by atoms with Crippen LogP contribution in [0.4, 0.5) is 0 Å². The zero-order valence-corrected chi connectivity index (χ0v) is 9.43. The summed E-state index contributed by atoms with van der Waals surface area (Å²) in [5.74, 6) is 0. The second-order valence-corrected chi connectivity index (χ2v) is 4.64. The predicted octanol–water partition coefficient (Wildman–Crippen LogP) is 4.07. The van der Waals surface area contributed by atoms with Crippen molar-refractivity contribution in [2.24, 2.45) is 0 Å². The monoisotopic (exact) mass is 219 g/mol. The average Bonchev–Trinajstić information content (AvgIpc) is 2.30. The molecular formula is C13H14ClN. The van der Waals surface area contributed by atoms with Crippen LogP contribution in [0, 0.1) is 11.3 Å². The first kappa shape index (κ1) is 10.5. The van der Waals surface area contributed by atoms with Crippen molar-refractivity contribution in [2.45, 2.75) is 37.5 Å². The minimum Gasteiger partial charge on any atom is -0.197 e. The first-order valence-corrected chi connectivity index (χ1v) is 5.83. The Morgan fingerprint density at radius 3 is 2.40 bits per heavy atom. The molecule has 1 fully saturated rings. The Labute approximate surface area is 95.7 Å². The van der Waals surface area contributed by atoms with Crippen molar-refractivity contribution in [1.82, 2.24) is 0 Å². The molecule has 1 aliphatic carbocycles. The number of halogens is 1. The molecule has 0 heterocycles. The van der Waals surface area contributed by atoms with Gasteiger partial charge in [-0.3, -0.25) is 0 Å². The number of hydrogen-bond donors (Lipinski definition) is 0. The second-order valence-electron chi connectivity index (χ2n) is 4.23. The van der Waals surface area contributed by atoms with E-state index in [4.69, 9.17) is 11.6 Å². The summed E-state index contributed by atoms with van der Waals surface area (Å²) >= 11 is 6.17. The molecule has 0 aromatic heterocycles. The molecule has 1 aromatic carbocycles. The van der Waals surface area contributed by atoms with Crippen LogP contribution in [0.1, 0.15) is 37.7 Å². The van der Waals surface area contributed by atoms with Gasteiger partial charge in [-0.1, -0.05) is 49.1 Å². The van der Waals surface area contributed by atoms with Gasteiger partial charge < -0.3 is 0 Å². The maximum atomic E-state index is 9.41. The van der Waals surface area contributed by atoms with Gasteiger partial charge in [-0.05, 0) is 24.5 Å². The van der Waals surface area contributed by atoms with E-state index >= 15 is 0 Å². The van der Waals surface area contributed by atoms with Crippen LogP contribution in [0.15, 0.2) is 24.3 Å². The summed E-state index contributed by atoms with van der Waals surface area (Å²) in [6, 6.07) is 10.3. The molecule has 1 aromatic rings. The van der Waals surface area contributed by atoms with Gasteiger partial charge in [0, 0.05) is 5.02 Å². The van der Waals surface area contributed by atoms with Crippen molar-refractivity contribution in [2.75, 3.05) is 0 Å². The van der Waals surface area contributed by atoms with Crippen LogP contribution < -0.4 is 0 Å². The largest absolute Gasteiger partial charge is 0.197 e. The molecule has 0 N–H and O–H groups in total. The van der Waals surface area contributed by atoms with E-state index in [0.29, 0.717) is 0 Å². The lowest BCUT2D eigenvalue weighted by Crippen LogP contribution is -2.27. The van der Waals surface area contributed by atoms with Gasteiger partial charge in [0.05, 0.1) is 11.5 Å². The lowest BCUT2D eigenvalue weighted by Gasteiger charge is -2.31. The van der Waals surface area contributed by atoms with Crippen molar-refractivity contribution >= 4 is 11.6 Å². The second kappa shape index (κ2) is 4.24. The minimum atomic E-state index is -0.323. The zero-order chi connectivity index (χ0) is 10.7. The first-order valence-electron chi connectivity index (χ1n) is 5.45. The molecule has 1 nitrogen and oxygen atoms in total. The van der Waals surface area contributed by atoms with E-state index in [9.17, 15) is 5.26 Å². The van der Waals surface area contributed by atoms with Crippen LogP contribution in [0.2, 0.25) is 5.02 Å². The molecule has 0 radical (unpaired) electrons. The third-order valence-electron chi connectivity index (χ3n) is 3.31. The maximum Gasteiger partial charge on any atom is 0.0836 e. The third kappa shape index (κ3) is 1.87. The standard InChI is InChI=1S/C13H14ClN/c14-12-7-3-2-6-11(12)13(10-15)8-4-1-5-9-13/h2-3,6-7H,1,4-5,8-9H2. The van der Waals surface area contributed by atoms with Gasteiger partial charge in [0.15, 0.2) is 0 Å². The summed E-state index contributed by atoms with van der Waals surface area (Å²) in [5, 5.41) is 10.1. The third-order valence-corrected chi connectivity index (χ3v) is 3.64. The molecule has 78 valence electrons. The summed E-state index contributed by atoms with van der Waals surface area (Å²) in [6.07, 6.45) is 5.42. The minimum absolute atomic E-state index is 0.323. The van der Waals surface area contributed by atoms with Gasteiger partial charge >= 0.3 is 0 Å². The van der Waals surface area contributed by atoms with E-state index in [1.165, 1.54) is 6.42 Å². The summed E-state index contributed by atoms with van der Waals surface area (Å²) in [7, 11) is 0. The highest BCUT2D eigenvalue weighted by atomic mass is 35.5. The summed E-state index contributed by atoms with van der Waals surface area (Å²) < 4.78 is 0. The van der Waals surface area contributed by atoms with Crippen molar-refractivity contribution in [3.63, 3.8) is 0 Å². The van der Waals surface area contributed by atoms with Gasteiger partial charge in [-0.2, -0.15) is 5.26 Å². The van der Waals surface area contributed by atoms with Crippen LogP contribution in [-0.2, 0) is 5.41 Å². The van der Waals surface area contributed by atoms with E-state index in [2.05, 4.69) is 6.07 Å². The van der Waals surface area contributed by atoms with Crippen LogP contribution in [-0.4, -0.2) is 0 Å². The van der Waals surface area contributed by atoms with E-state index < -0.39 is 0 Å².